The minimum atomic E-state index is 0. The van der Waals surface area contributed by atoms with Gasteiger partial charge in [-0.05, 0) is 67.6 Å². The van der Waals surface area contributed by atoms with Gasteiger partial charge in [0.15, 0.2) is 5.65 Å². The van der Waals surface area contributed by atoms with Crippen molar-refractivity contribution in [1.82, 2.24) is 24.6 Å². The van der Waals surface area contributed by atoms with E-state index in [-0.39, 0.29) is 36.8 Å². The molecule has 2 fully saturated rings. The van der Waals surface area contributed by atoms with E-state index < -0.39 is 0 Å². The van der Waals surface area contributed by atoms with E-state index in [1.807, 2.05) is 65.2 Å². The van der Waals surface area contributed by atoms with Crippen LogP contribution in [0.1, 0.15) is 35.7 Å². The van der Waals surface area contributed by atoms with Gasteiger partial charge in [-0.1, -0.05) is 12.1 Å². The predicted molar refractivity (Wildman–Crippen MR) is 167 cm³/mol. The monoisotopic (exact) mass is 613 g/mol. The standard InChI is InChI=1S/C30H35N7O3.2ClH/c1-2-39-25-5-3-4-21(16-25)19-37-29-26(18-34-37)28(32-20-33-29)35-12-14-36(15-13-35)30(38)23-8-10-24(11-9-23)40-27(17-31)22-6-7-22;;/h3-5,8-11,16,18,20,22,27H,2,6-7,12-15,17,19,31H2,1H3;2*1H. The molecular formula is C30H37Cl2N7O3. The number of hydrogen-bond acceptors (Lipinski definition) is 8. The lowest BCUT2D eigenvalue weighted by molar-refractivity contribution is 0.0746. The molecule has 4 aromatic rings. The van der Waals surface area contributed by atoms with E-state index in [1.165, 1.54) is 12.8 Å². The number of rotatable bonds is 10. The molecule has 1 amide bonds. The predicted octanol–water partition coefficient (Wildman–Crippen LogP) is 4.20. The first-order valence-electron chi connectivity index (χ1n) is 14.0. The van der Waals surface area contributed by atoms with Crippen molar-refractivity contribution in [2.45, 2.75) is 32.4 Å². The second-order valence-corrected chi connectivity index (χ2v) is 10.4. The van der Waals surface area contributed by atoms with Gasteiger partial charge in [0, 0.05) is 38.3 Å². The molecule has 6 rings (SSSR count). The van der Waals surface area contributed by atoms with Crippen LogP contribution in [0.2, 0.25) is 0 Å². The van der Waals surface area contributed by atoms with Crippen molar-refractivity contribution in [2.75, 3.05) is 44.2 Å². The molecule has 42 heavy (non-hydrogen) atoms. The Kier molecular flexibility index (Phi) is 10.5. The summed E-state index contributed by atoms with van der Waals surface area (Å²) < 4.78 is 13.6. The number of benzene rings is 2. The average Bonchev–Trinajstić information content (AvgIpc) is 3.76. The lowest BCUT2D eigenvalue weighted by Gasteiger charge is -2.35. The van der Waals surface area contributed by atoms with Crippen LogP contribution in [0.15, 0.2) is 61.1 Å². The maximum Gasteiger partial charge on any atom is 0.253 e. The fourth-order valence-corrected chi connectivity index (χ4v) is 5.28. The third-order valence-electron chi connectivity index (χ3n) is 7.59. The Bertz CT molecular complexity index is 1470. The molecule has 1 aliphatic carbocycles. The second-order valence-electron chi connectivity index (χ2n) is 10.4. The Morgan fingerprint density at radius 3 is 2.48 bits per heavy atom. The van der Waals surface area contributed by atoms with Crippen molar-refractivity contribution >= 4 is 47.6 Å². The fraction of sp³-hybridized carbons (Fsp3) is 0.400. The zero-order valence-electron chi connectivity index (χ0n) is 23.6. The molecule has 0 radical (unpaired) electrons. The first kappa shape index (κ1) is 31.3. The van der Waals surface area contributed by atoms with Crippen molar-refractivity contribution in [1.29, 1.82) is 0 Å². The number of fused-ring (bicyclic) bond motifs is 1. The van der Waals surface area contributed by atoms with Crippen molar-refractivity contribution < 1.29 is 14.3 Å². The van der Waals surface area contributed by atoms with Crippen molar-refractivity contribution in [3.05, 3.63) is 72.2 Å². The number of hydrogen-bond donors (Lipinski definition) is 1. The molecule has 1 saturated heterocycles. The molecular weight excluding hydrogens is 577 g/mol. The highest BCUT2D eigenvalue weighted by atomic mass is 35.5. The number of nitrogens with zero attached hydrogens (tertiary/aromatic N) is 6. The van der Waals surface area contributed by atoms with Gasteiger partial charge >= 0.3 is 0 Å². The zero-order valence-corrected chi connectivity index (χ0v) is 25.2. The van der Waals surface area contributed by atoms with E-state index in [1.54, 1.807) is 6.33 Å². The molecule has 0 bridgehead atoms. The molecule has 2 aromatic carbocycles. The summed E-state index contributed by atoms with van der Waals surface area (Å²) in [6, 6.07) is 15.5. The van der Waals surface area contributed by atoms with Gasteiger partial charge in [0.25, 0.3) is 5.91 Å². The molecule has 1 unspecified atom stereocenters. The molecule has 1 saturated carbocycles. The molecule has 224 valence electrons. The van der Waals surface area contributed by atoms with Gasteiger partial charge in [0.1, 0.15) is 29.7 Å². The maximum atomic E-state index is 13.2. The summed E-state index contributed by atoms with van der Waals surface area (Å²) in [4.78, 5) is 26.4. The lowest BCUT2D eigenvalue weighted by atomic mass is 10.1. The van der Waals surface area contributed by atoms with Gasteiger partial charge in [-0.3, -0.25) is 4.79 Å². The zero-order chi connectivity index (χ0) is 27.5. The molecule has 1 aliphatic heterocycles. The minimum absolute atomic E-state index is 0. The number of carbonyl (C=O) groups is 1. The Hall–Kier alpha value is -3.60. The summed E-state index contributed by atoms with van der Waals surface area (Å²) in [6.45, 7) is 6.28. The Morgan fingerprint density at radius 2 is 1.79 bits per heavy atom. The average molecular weight is 615 g/mol. The van der Waals surface area contributed by atoms with Gasteiger partial charge in [-0.25, -0.2) is 14.6 Å². The highest BCUT2D eigenvalue weighted by Gasteiger charge is 2.32. The summed E-state index contributed by atoms with van der Waals surface area (Å²) in [5.41, 5.74) is 8.40. The molecule has 2 aliphatic rings. The maximum absolute atomic E-state index is 13.2. The van der Waals surface area contributed by atoms with E-state index in [2.05, 4.69) is 26.0 Å². The number of nitrogens with two attached hydrogens (primary N) is 1. The number of carbonyl (C=O) groups excluding carboxylic acids is 1. The summed E-state index contributed by atoms with van der Waals surface area (Å²) in [5.74, 6) is 3.04. The van der Waals surface area contributed by atoms with Crippen LogP contribution in [0.5, 0.6) is 11.5 Å². The van der Waals surface area contributed by atoms with Crippen LogP contribution in [0.3, 0.4) is 0 Å². The normalized spacial score (nSPS) is 15.5. The summed E-state index contributed by atoms with van der Waals surface area (Å²) in [6.07, 6.45) is 5.83. The molecule has 2 aromatic heterocycles. The van der Waals surface area contributed by atoms with Gasteiger partial charge in [-0.15, -0.1) is 24.8 Å². The molecule has 10 nitrogen and oxygen atoms in total. The Balaban J connectivity index is 0.00000202. The topological polar surface area (TPSA) is 112 Å². The largest absolute Gasteiger partial charge is 0.494 e. The second kappa shape index (κ2) is 14.0. The van der Waals surface area contributed by atoms with Gasteiger partial charge < -0.3 is 25.0 Å². The van der Waals surface area contributed by atoms with Gasteiger partial charge in [0.05, 0.1) is 24.7 Å². The van der Waals surface area contributed by atoms with Gasteiger partial charge in [0.2, 0.25) is 0 Å². The SMILES string of the molecule is CCOc1cccc(Cn2ncc3c(N4CCN(C(=O)c5ccc(OC(CN)C6CC6)cc5)CC4)ncnc32)c1.Cl.Cl. The van der Waals surface area contributed by atoms with Crippen molar-refractivity contribution in [2.24, 2.45) is 11.7 Å². The highest BCUT2D eigenvalue weighted by Crippen LogP contribution is 2.34. The third kappa shape index (κ3) is 6.88. The van der Waals surface area contributed by atoms with Crippen LogP contribution >= 0.6 is 24.8 Å². The molecule has 1 atom stereocenters. The minimum Gasteiger partial charge on any atom is -0.494 e. The third-order valence-corrected chi connectivity index (χ3v) is 7.59. The molecule has 2 N–H and O–H groups in total. The number of halogens is 2. The highest BCUT2D eigenvalue weighted by molar-refractivity contribution is 5.94. The van der Waals surface area contributed by atoms with Crippen LogP contribution in [-0.2, 0) is 6.54 Å². The van der Waals surface area contributed by atoms with E-state index in [9.17, 15) is 4.79 Å². The molecule has 0 spiro atoms. The Morgan fingerprint density at radius 1 is 1.02 bits per heavy atom. The fourth-order valence-electron chi connectivity index (χ4n) is 5.28. The van der Waals surface area contributed by atoms with Crippen LogP contribution in [0, 0.1) is 5.92 Å². The number of piperazine rings is 1. The van der Waals surface area contributed by atoms with Gasteiger partial charge in [-0.2, -0.15) is 5.10 Å². The lowest BCUT2D eigenvalue weighted by Crippen LogP contribution is -2.49. The van der Waals surface area contributed by atoms with E-state index in [0.717, 1.165) is 33.9 Å². The van der Waals surface area contributed by atoms with E-state index >= 15 is 0 Å². The quantitative estimate of drug-likeness (QED) is 0.283. The van der Waals surface area contributed by atoms with Crippen molar-refractivity contribution in [3.8, 4) is 11.5 Å². The van der Waals surface area contributed by atoms with Crippen LogP contribution in [0.25, 0.3) is 11.0 Å². The first-order chi connectivity index (χ1) is 19.6. The smallest absolute Gasteiger partial charge is 0.253 e. The molecule has 12 heteroatoms. The number of ether oxygens (including phenoxy) is 2. The Labute approximate surface area is 258 Å². The van der Waals surface area contributed by atoms with Crippen LogP contribution in [0.4, 0.5) is 5.82 Å². The summed E-state index contributed by atoms with van der Waals surface area (Å²) in [5, 5.41) is 5.52. The number of anilines is 1. The summed E-state index contributed by atoms with van der Waals surface area (Å²) in [7, 11) is 0. The van der Waals surface area contributed by atoms with Crippen molar-refractivity contribution in [3.63, 3.8) is 0 Å². The van der Waals surface area contributed by atoms with Crippen LogP contribution in [-0.4, -0.2) is 76.0 Å². The first-order valence-corrected chi connectivity index (χ1v) is 14.0. The molecule has 3 heterocycles. The summed E-state index contributed by atoms with van der Waals surface area (Å²) >= 11 is 0. The van der Waals surface area contributed by atoms with E-state index in [0.29, 0.717) is 57.4 Å². The van der Waals surface area contributed by atoms with E-state index in [4.69, 9.17) is 15.2 Å². The van der Waals surface area contributed by atoms with Crippen LogP contribution < -0.4 is 20.1 Å². The number of aromatic nitrogens is 4. The number of amides is 1.